The Kier molecular flexibility index (Phi) is 3.73. The number of amides is 1. The average Bonchev–Trinajstić information content (AvgIpc) is 2.74. The zero-order valence-electron chi connectivity index (χ0n) is 10.9. The number of rotatable bonds is 4. The van der Waals surface area contributed by atoms with Crippen molar-refractivity contribution >= 4 is 33.1 Å². The van der Waals surface area contributed by atoms with Crippen LogP contribution in [0.3, 0.4) is 0 Å². The second kappa shape index (κ2) is 5.14. The summed E-state index contributed by atoms with van der Waals surface area (Å²) in [6.45, 7) is 4.16. The lowest BCUT2D eigenvalue weighted by atomic mass is 9.95. The van der Waals surface area contributed by atoms with Crippen molar-refractivity contribution in [2.45, 2.75) is 13.8 Å². The monoisotopic (exact) mass is 279 g/mol. The lowest BCUT2D eigenvalue weighted by Gasteiger charge is -2.21. The number of pyridine rings is 1. The van der Waals surface area contributed by atoms with Gasteiger partial charge in [0, 0.05) is 24.8 Å². The van der Waals surface area contributed by atoms with Crippen LogP contribution in [0, 0.1) is 5.41 Å². The van der Waals surface area contributed by atoms with Crippen molar-refractivity contribution in [1.29, 1.82) is 0 Å². The Morgan fingerprint density at radius 1 is 1.58 bits per heavy atom. The molecule has 2 heterocycles. The van der Waals surface area contributed by atoms with Gasteiger partial charge in [-0.05, 0) is 12.1 Å². The summed E-state index contributed by atoms with van der Waals surface area (Å²) in [6.07, 6.45) is 1.65. The summed E-state index contributed by atoms with van der Waals surface area (Å²) in [6, 6.07) is 3.70. The number of anilines is 1. The molecule has 2 aromatic heterocycles. The van der Waals surface area contributed by atoms with Crippen LogP contribution in [-0.4, -0.2) is 29.1 Å². The Morgan fingerprint density at radius 3 is 2.95 bits per heavy atom. The molecule has 0 unspecified atom stereocenters. The van der Waals surface area contributed by atoms with E-state index in [1.807, 2.05) is 26.0 Å². The zero-order chi connectivity index (χ0) is 14.0. The SMILES string of the molecule is CC(C)(CO)CNC(=O)c1sc2cccnc2c1N. The number of nitrogens with two attached hydrogens (primary N) is 1. The first kappa shape index (κ1) is 13.8. The largest absolute Gasteiger partial charge is 0.396 e. The normalized spacial score (nSPS) is 11.7. The summed E-state index contributed by atoms with van der Waals surface area (Å²) in [7, 11) is 0. The number of nitrogen functional groups attached to an aromatic ring is 1. The highest BCUT2D eigenvalue weighted by Crippen LogP contribution is 2.31. The molecule has 5 nitrogen and oxygen atoms in total. The molecule has 0 aliphatic carbocycles. The predicted octanol–water partition coefficient (Wildman–Crippen LogP) is 1.63. The van der Waals surface area contributed by atoms with Gasteiger partial charge < -0.3 is 16.2 Å². The molecule has 6 heteroatoms. The number of carbonyl (C=O) groups excluding carboxylic acids is 1. The van der Waals surface area contributed by atoms with Gasteiger partial charge in [-0.25, -0.2) is 0 Å². The second-order valence-electron chi connectivity index (χ2n) is 5.20. The first-order chi connectivity index (χ1) is 8.94. The number of hydrogen-bond acceptors (Lipinski definition) is 5. The number of carbonyl (C=O) groups is 1. The Balaban J connectivity index is 2.20. The maximum Gasteiger partial charge on any atom is 0.263 e. The summed E-state index contributed by atoms with van der Waals surface area (Å²) in [4.78, 5) is 16.8. The van der Waals surface area contributed by atoms with Crippen molar-refractivity contribution in [2.75, 3.05) is 18.9 Å². The van der Waals surface area contributed by atoms with Crippen molar-refractivity contribution < 1.29 is 9.90 Å². The van der Waals surface area contributed by atoms with E-state index in [0.29, 0.717) is 22.6 Å². The van der Waals surface area contributed by atoms with Crippen LogP contribution in [0.5, 0.6) is 0 Å². The van der Waals surface area contributed by atoms with Crippen LogP contribution in [0.25, 0.3) is 10.2 Å². The zero-order valence-corrected chi connectivity index (χ0v) is 11.8. The molecular weight excluding hydrogens is 262 g/mol. The minimum Gasteiger partial charge on any atom is -0.396 e. The van der Waals surface area contributed by atoms with Gasteiger partial charge in [-0.2, -0.15) is 0 Å². The molecule has 19 heavy (non-hydrogen) atoms. The van der Waals surface area contributed by atoms with Crippen molar-refractivity contribution in [3.05, 3.63) is 23.2 Å². The van der Waals surface area contributed by atoms with Crippen molar-refractivity contribution in [3.8, 4) is 0 Å². The lowest BCUT2D eigenvalue weighted by Crippen LogP contribution is -2.35. The topological polar surface area (TPSA) is 88.2 Å². The molecule has 102 valence electrons. The van der Waals surface area contributed by atoms with Crippen molar-refractivity contribution in [3.63, 3.8) is 0 Å². The third-order valence-corrected chi connectivity index (χ3v) is 4.00. The molecule has 0 aliphatic rings. The Bertz CT molecular complexity index is 607. The van der Waals surface area contributed by atoms with E-state index in [1.165, 1.54) is 11.3 Å². The van der Waals surface area contributed by atoms with Crippen LogP contribution in [-0.2, 0) is 0 Å². The summed E-state index contributed by atoms with van der Waals surface area (Å²) in [5.74, 6) is -0.220. The number of hydrogen-bond donors (Lipinski definition) is 3. The van der Waals surface area contributed by atoms with Crippen LogP contribution in [0.4, 0.5) is 5.69 Å². The van der Waals surface area contributed by atoms with Gasteiger partial charge in [0.1, 0.15) is 10.4 Å². The van der Waals surface area contributed by atoms with Crippen molar-refractivity contribution in [1.82, 2.24) is 10.3 Å². The highest BCUT2D eigenvalue weighted by Gasteiger charge is 2.21. The quantitative estimate of drug-likeness (QED) is 0.793. The average molecular weight is 279 g/mol. The summed E-state index contributed by atoms with van der Waals surface area (Å²) < 4.78 is 0.895. The van der Waals surface area contributed by atoms with Gasteiger partial charge in [-0.15, -0.1) is 11.3 Å². The molecule has 0 aliphatic heterocycles. The van der Waals surface area contributed by atoms with E-state index < -0.39 is 0 Å². The minimum atomic E-state index is -0.348. The van der Waals surface area contributed by atoms with Crippen molar-refractivity contribution in [2.24, 2.45) is 5.41 Å². The highest BCUT2D eigenvalue weighted by molar-refractivity contribution is 7.21. The number of aliphatic hydroxyl groups excluding tert-OH is 1. The third kappa shape index (κ3) is 2.85. The van der Waals surface area contributed by atoms with Crippen LogP contribution in [0.15, 0.2) is 18.3 Å². The molecule has 0 radical (unpaired) electrons. The molecule has 2 aromatic rings. The van der Waals surface area contributed by atoms with Gasteiger partial charge in [0.2, 0.25) is 0 Å². The predicted molar refractivity (Wildman–Crippen MR) is 77.2 cm³/mol. The Labute approximate surface area is 115 Å². The number of nitrogens with zero attached hydrogens (tertiary/aromatic N) is 1. The van der Waals surface area contributed by atoms with E-state index in [0.717, 1.165) is 4.70 Å². The first-order valence-electron chi connectivity index (χ1n) is 5.97. The molecule has 0 saturated carbocycles. The smallest absolute Gasteiger partial charge is 0.263 e. The summed E-state index contributed by atoms with van der Waals surface area (Å²) in [5.41, 5.74) is 6.68. The van der Waals surface area contributed by atoms with Gasteiger partial charge in [0.05, 0.1) is 10.4 Å². The molecule has 0 aromatic carbocycles. The minimum absolute atomic E-state index is 0.0106. The molecule has 0 atom stereocenters. The van der Waals surface area contributed by atoms with Crippen LogP contribution in [0.1, 0.15) is 23.5 Å². The highest BCUT2D eigenvalue weighted by atomic mass is 32.1. The van der Waals surface area contributed by atoms with E-state index in [2.05, 4.69) is 10.3 Å². The molecule has 0 bridgehead atoms. The molecule has 4 N–H and O–H groups in total. The molecular formula is C13H17N3O2S. The van der Waals surface area contributed by atoms with E-state index in [-0.39, 0.29) is 17.9 Å². The van der Waals surface area contributed by atoms with Crippen LogP contribution < -0.4 is 11.1 Å². The Morgan fingerprint density at radius 2 is 2.32 bits per heavy atom. The fourth-order valence-electron chi connectivity index (χ4n) is 1.57. The second-order valence-corrected chi connectivity index (χ2v) is 6.25. The van der Waals surface area contributed by atoms with Gasteiger partial charge in [-0.3, -0.25) is 9.78 Å². The van der Waals surface area contributed by atoms with E-state index in [9.17, 15) is 4.79 Å². The van der Waals surface area contributed by atoms with E-state index >= 15 is 0 Å². The van der Waals surface area contributed by atoms with E-state index in [1.54, 1.807) is 6.20 Å². The molecule has 0 saturated heterocycles. The number of fused-ring (bicyclic) bond motifs is 1. The third-order valence-electron chi connectivity index (χ3n) is 2.84. The number of aromatic nitrogens is 1. The summed E-state index contributed by atoms with van der Waals surface area (Å²) >= 11 is 1.33. The molecule has 2 rings (SSSR count). The fraction of sp³-hybridized carbons (Fsp3) is 0.385. The number of thiophene rings is 1. The lowest BCUT2D eigenvalue weighted by molar-refractivity contribution is 0.0916. The molecule has 0 fully saturated rings. The number of nitrogens with one attached hydrogen (secondary N) is 1. The van der Waals surface area contributed by atoms with Gasteiger partial charge >= 0.3 is 0 Å². The first-order valence-corrected chi connectivity index (χ1v) is 6.78. The van der Waals surface area contributed by atoms with Gasteiger partial charge in [0.25, 0.3) is 5.91 Å². The number of aliphatic hydroxyl groups is 1. The van der Waals surface area contributed by atoms with Crippen LogP contribution in [0.2, 0.25) is 0 Å². The fourth-order valence-corrected chi connectivity index (χ4v) is 2.57. The maximum absolute atomic E-state index is 12.1. The van der Waals surface area contributed by atoms with Crippen LogP contribution >= 0.6 is 11.3 Å². The molecule has 1 amide bonds. The van der Waals surface area contributed by atoms with Gasteiger partial charge in [0.15, 0.2) is 0 Å². The Hall–Kier alpha value is -1.66. The maximum atomic E-state index is 12.1. The van der Waals surface area contributed by atoms with Gasteiger partial charge in [-0.1, -0.05) is 13.8 Å². The standard InChI is InChI=1S/C13H17N3O2S/c1-13(2,7-17)6-16-12(18)11-9(14)10-8(19-11)4-3-5-15-10/h3-5,17H,6-7,14H2,1-2H3,(H,16,18). The summed E-state index contributed by atoms with van der Waals surface area (Å²) in [5, 5.41) is 12.0. The van der Waals surface area contributed by atoms with E-state index in [4.69, 9.17) is 10.8 Å². The molecule has 0 spiro atoms.